The number of hydrogen-bond donors (Lipinski definition) is 1. The van der Waals surface area contributed by atoms with Gasteiger partial charge in [-0.15, -0.1) is 0 Å². The van der Waals surface area contributed by atoms with Gasteiger partial charge in [-0.3, -0.25) is 4.98 Å². The predicted octanol–water partition coefficient (Wildman–Crippen LogP) is 7.46. The number of hydrogen-bond acceptors (Lipinski definition) is 3. The summed E-state index contributed by atoms with van der Waals surface area (Å²) in [7, 11) is 0. The molecular formula is C32H28N4OS. The lowest BCUT2D eigenvalue weighted by Crippen LogP contribution is -2.30. The summed E-state index contributed by atoms with van der Waals surface area (Å²) in [4.78, 5) is 6.88. The van der Waals surface area contributed by atoms with Crippen LogP contribution in [0.1, 0.15) is 34.6 Å². The van der Waals surface area contributed by atoms with E-state index in [4.69, 9.17) is 17.0 Å². The Hall–Kier alpha value is -4.42. The molecule has 0 unspecified atom stereocenters. The lowest BCUT2D eigenvalue weighted by atomic mass is 10.0. The molecule has 0 saturated carbocycles. The number of ether oxygens (including phenoxy) is 1. The van der Waals surface area contributed by atoms with Gasteiger partial charge in [0, 0.05) is 29.5 Å². The minimum Gasteiger partial charge on any atom is -0.457 e. The molecule has 0 bridgehead atoms. The zero-order chi connectivity index (χ0) is 26.1. The van der Waals surface area contributed by atoms with Crippen LogP contribution in [0.4, 0.5) is 5.69 Å². The third-order valence-corrected chi connectivity index (χ3v) is 7.15. The van der Waals surface area contributed by atoms with E-state index in [1.54, 1.807) is 0 Å². The number of nitrogens with zero attached hydrogens (tertiary/aromatic N) is 3. The molecule has 6 heteroatoms. The van der Waals surface area contributed by atoms with Crippen LogP contribution in [0.2, 0.25) is 0 Å². The Labute approximate surface area is 228 Å². The molecule has 38 heavy (non-hydrogen) atoms. The Morgan fingerprint density at radius 3 is 2.24 bits per heavy atom. The molecule has 5 nitrogen and oxygen atoms in total. The van der Waals surface area contributed by atoms with Crippen LogP contribution in [-0.2, 0) is 0 Å². The van der Waals surface area contributed by atoms with Crippen LogP contribution in [0.25, 0.3) is 5.69 Å². The highest BCUT2D eigenvalue weighted by Crippen LogP contribution is 2.42. The zero-order valence-electron chi connectivity index (χ0n) is 21.3. The summed E-state index contributed by atoms with van der Waals surface area (Å²) in [5, 5.41) is 4.22. The fourth-order valence-electron chi connectivity index (χ4n) is 5.00. The molecule has 3 aromatic carbocycles. The standard InChI is InChI=1S/C32H28N4OS/c1-22-11-15-26(16-12-22)37-27-17-13-24(14-18-27)36-31(30(34-32(36)38)28-9-3-4-19-33-28)29-10-6-20-35(29)25-8-5-7-23(2)21-25/h3-21,30-31H,1-2H3,(H,34,38)/t30-,31-/m1/s1. The second-order valence-corrected chi connectivity index (χ2v) is 9.93. The van der Waals surface area contributed by atoms with E-state index >= 15 is 0 Å². The molecule has 5 aromatic rings. The predicted molar refractivity (Wildman–Crippen MR) is 156 cm³/mol. The number of thiocarbonyl (C=S) groups is 1. The Balaban J connectivity index is 1.39. The van der Waals surface area contributed by atoms with Crippen molar-refractivity contribution in [3.63, 3.8) is 0 Å². The minimum absolute atomic E-state index is 0.114. The summed E-state index contributed by atoms with van der Waals surface area (Å²) in [6, 6.07) is 34.7. The Bertz CT molecular complexity index is 1560. The summed E-state index contributed by atoms with van der Waals surface area (Å²) in [5.41, 5.74) is 6.58. The first-order chi connectivity index (χ1) is 18.6. The second-order valence-electron chi connectivity index (χ2n) is 9.55. The third kappa shape index (κ3) is 4.66. The van der Waals surface area contributed by atoms with Crippen molar-refractivity contribution in [2.45, 2.75) is 25.9 Å². The second kappa shape index (κ2) is 10.1. The lowest BCUT2D eigenvalue weighted by molar-refractivity contribution is 0.482. The Morgan fingerprint density at radius 2 is 1.53 bits per heavy atom. The van der Waals surface area contributed by atoms with E-state index in [-0.39, 0.29) is 12.1 Å². The maximum Gasteiger partial charge on any atom is 0.174 e. The molecule has 0 amide bonds. The first-order valence-corrected chi connectivity index (χ1v) is 13.1. The van der Waals surface area contributed by atoms with E-state index in [0.29, 0.717) is 5.11 Å². The first-order valence-electron chi connectivity index (χ1n) is 12.7. The summed E-state index contributed by atoms with van der Waals surface area (Å²) < 4.78 is 8.32. The third-order valence-electron chi connectivity index (χ3n) is 6.83. The maximum absolute atomic E-state index is 6.07. The van der Waals surface area contributed by atoms with Crippen molar-refractivity contribution < 1.29 is 4.74 Å². The van der Waals surface area contributed by atoms with Crippen molar-refractivity contribution in [3.8, 4) is 17.2 Å². The lowest BCUT2D eigenvalue weighted by Gasteiger charge is -2.29. The highest BCUT2D eigenvalue weighted by molar-refractivity contribution is 7.80. The topological polar surface area (TPSA) is 42.3 Å². The number of anilines is 1. The zero-order valence-corrected chi connectivity index (χ0v) is 22.1. The SMILES string of the molecule is Cc1ccc(Oc2ccc(N3C(=S)N[C@H](c4ccccn4)[C@H]3c3cccn3-c3cccc(C)c3)cc2)cc1. The van der Waals surface area contributed by atoms with Gasteiger partial charge in [0.15, 0.2) is 5.11 Å². The van der Waals surface area contributed by atoms with Crippen LogP contribution < -0.4 is 15.0 Å². The fraction of sp³-hybridized carbons (Fsp3) is 0.125. The molecule has 1 aliphatic heterocycles. The Morgan fingerprint density at radius 1 is 0.763 bits per heavy atom. The molecule has 0 radical (unpaired) electrons. The van der Waals surface area contributed by atoms with Crippen LogP contribution in [0.15, 0.2) is 116 Å². The van der Waals surface area contributed by atoms with E-state index in [1.807, 2.05) is 54.7 Å². The monoisotopic (exact) mass is 516 g/mol. The maximum atomic E-state index is 6.07. The molecule has 1 N–H and O–H groups in total. The summed E-state index contributed by atoms with van der Waals surface area (Å²) in [5.74, 6) is 1.59. The summed E-state index contributed by atoms with van der Waals surface area (Å²) in [6.45, 7) is 4.18. The Kier molecular flexibility index (Phi) is 6.40. The highest BCUT2D eigenvalue weighted by Gasteiger charge is 2.42. The van der Waals surface area contributed by atoms with Gasteiger partial charge in [0.05, 0.1) is 11.7 Å². The molecule has 0 aliphatic carbocycles. The van der Waals surface area contributed by atoms with Gasteiger partial charge in [0.25, 0.3) is 0 Å². The smallest absolute Gasteiger partial charge is 0.174 e. The van der Waals surface area contributed by atoms with Crippen molar-refractivity contribution in [2.24, 2.45) is 0 Å². The average molecular weight is 517 g/mol. The van der Waals surface area contributed by atoms with E-state index in [1.165, 1.54) is 11.1 Å². The van der Waals surface area contributed by atoms with Crippen molar-refractivity contribution in [1.29, 1.82) is 0 Å². The van der Waals surface area contributed by atoms with E-state index in [0.717, 1.165) is 34.3 Å². The van der Waals surface area contributed by atoms with Gasteiger partial charge >= 0.3 is 0 Å². The van der Waals surface area contributed by atoms with Crippen molar-refractivity contribution >= 4 is 23.0 Å². The number of nitrogens with one attached hydrogen (secondary N) is 1. The normalized spacial score (nSPS) is 16.9. The van der Waals surface area contributed by atoms with E-state index < -0.39 is 0 Å². The van der Waals surface area contributed by atoms with E-state index in [9.17, 15) is 0 Å². The van der Waals surface area contributed by atoms with Gasteiger partial charge in [-0.1, -0.05) is 35.9 Å². The molecule has 6 rings (SSSR count). The molecule has 2 atom stereocenters. The highest BCUT2D eigenvalue weighted by atomic mass is 32.1. The van der Waals surface area contributed by atoms with Crippen LogP contribution in [-0.4, -0.2) is 14.7 Å². The van der Waals surface area contributed by atoms with Crippen LogP contribution >= 0.6 is 12.2 Å². The minimum atomic E-state index is -0.120. The van der Waals surface area contributed by atoms with Gasteiger partial charge in [0.1, 0.15) is 17.5 Å². The number of pyridine rings is 1. The number of aryl methyl sites for hydroxylation is 2. The number of benzene rings is 3. The molecule has 3 heterocycles. The van der Waals surface area contributed by atoms with Gasteiger partial charge in [0.2, 0.25) is 0 Å². The van der Waals surface area contributed by atoms with Crippen LogP contribution in [0.3, 0.4) is 0 Å². The molecule has 2 aromatic heterocycles. The van der Waals surface area contributed by atoms with Gasteiger partial charge in [-0.05, 0) is 104 Å². The van der Waals surface area contributed by atoms with Crippen molar-refractivity contribution in [3.05, 3.63) is 138 Å². The fourth-order valence-corrected chi connectivity index (χ4v) is 5.34. The number of aromatic nitrogens is 2. The average Bonchev–Trinajstić information content (AvgIpc) is 3.55. The van der Waals surface area contributed by atoms with E-state index in [2.05, 4.69) is 94.4 Å². The summed E-state index contributed by atoms with van der Waals surface area (Å²) >= 11 is 5.93. The molecular weight excluding hydrogens is 488 g/mol. The quantitative estimate of drug-likeness (QED) is 0.237. The van der Waals surface area contributed by atoms with Gasteiger partial charge in [-0.2, -0.15) is 0 Å². The van der Waals surface area contributed by atoms with Crippen LogP contribution in [0, 0.1) is 13.8 Å². The molecule has 1 fully saturated rings. The van der Waals surface area contributed by atoms with Gasteiger partial charge in [-0.25, -0.2) is 0 Å². The largest absolute Gasteiger partial charge is 0.457 e. The first kappa shape index (κ1) is 23.9. The molecule has 188 valence electrons. The summed E-state index contributed by atoms with van der Waals surface area (Å²) in [6.07, 6.45) is 3.94. The van der Waals surface area contributed by atoms with Crippen molar-refractivity contribution in [1.82, 2.24) is 14.9 Å². The molecule has 1 saturated heterocycles. The van der Waals surface area contributed by atoms with Crippen molar-refractivity contribution in [2.75, 3.05) is 4.90 Å². The molecule has 0 spiro atoms. The van der Waals surface area contributed by atoms with Crippen LogP contribution in [0.5, 0.6) is 11.5 Å². The molecule has 1 aliphatic rings. The van der Waals surface area contributed by atoms with Gasteiger partial charge < -0.3 is 19.5 Å². The number of rotatable bonds is 6.